The molecule has 0 saturated carbocycles. The molecule has 0 saturated heterocycles. The highest BCUT2D eigenvalue weighted by Crippen LogP contribution is 2.25. The molecule has 0 bridgehead atoms. The van der Waals surface area contributed by atoms with Crippen molar-refractivity contribution in [3.8, 4) is 11.8 Å². The number of hydrogen-bond acceptors (Lipinski definition) is 3. The molecule has 1 aromatic rings. The van der Waals surface area contributed by atoms with Crippen LogP contribution >= 0.6 is 11.8 Å². The molecule has 0 aliphatic rings. The molecule has 0 aliphatic heterocycles. The first-order valence-electron chi connectivity index (χ1n) is 4.51. The Morgan fingerprint density at radius 1 is 1.60 bits per heavy atom. The first-order chi connectivity index (χ1) is 7.17. The van der Waals surface area contributed by atoms with Gasteiger partial charge in [0, 0.05) is 11.3 Å². The van der Waals surface area contributed by atoms with Crippen LogP contribution in [0.4, 0.5) is 4.39 Å². The van der Waals surface area contributed by atoms with Gasteiger partial charge in [0.1, 0.15) is 11.6 Å². The lowest BCUT2D eigenvalue weighted by Crippen LogP contribution is -1.95. The molecule has 0 spiro atoms. The fourth-order valence-electron chi connectivity index (χ4n) is 1.11. The van der Waals surface area contributed by atoms with Crippen molar-refractivity contribution in [2.75, 3.05) is 7.11 Å². The van der Waals surface area contributed by atoms with E-state index in [4.69, 9.17) is 10.00 Å². The van der Waals surface area contributed by atoms with Gasteiger partial charge in [-0.2, -0.15) is 5.26 Å². The van der Waals surface area contributed by atoms with Gasteiger partial charge in [0.2, 0.25) is 0 Å². The van der Waals surface area contributed by atoms with Crippen molar-refractivity contribution >= 4 is 11.8 Å². The molecule has 1 unspecified atom stereocenters. The molecule has 1 aromatic carbocycles. The predicted octanol–water partition coefficient (Wildman–Crippen LogP) is 2.98. The standard InChI is InChI=1S/C11H12FNOS/c1-8(6-13)15-7-9-5-10(12)3-4-11(9)14-2/h3-5,8H,7H2,1-2H3. The van der Waals surface area contributed by atoms with Crippen LogP contribution in [-0.4, -0.2) is 12.4 Å². The average Bonchev–Trinajstić information content (AvgIpc) is 2.26. The molecule has 4 heteroatoms. The molecule has 0 amide bonds. The van der Waals surface area contributed by atoms with E-state index in [1.807, 2.05) is 6.92 Å². The van der Waals surface area contributed by atoms with Crippen molar-refractivity contribution in [3.63, 3.8) is 0 Å². The molecule has 15 heavy (non-hydrogen) atoms. The van der Waals surface area contributed by atoms with E-state index in [1.54, 1.807) is 13.2 Å². The van der Waals surface area contributed by atoms with Gasteiger partial charge in [0.25, 0.3) is 0 Å². The number of hydrogen-bond donors (Lipinski definition) is 0. The van der Waals surface area contributed by atoms with Gasteiger partial charge in [0.15, 0.2) is 0 Å². The van der Waals surface area contributed by atoms with Gasteiger partial charge < -0.3 is 4.74 Å². The summed E-state index contributed by atoms with van der Waals surface area (Å²) in [7, 11) is 1.55. The summed E-state index contributed by atoms with van der Waals surface area (Å²) in [5.74, 6) is 0.959. The molecule has 2 nitrogen and oxygen atoms in total. The molecule has 0 N–H and O–H groups in total. The van der Waals surface area contributed by atoms with E-state index in [9.17, 15) is 4.39 Å². The Morgan fingerprint density at radius 2 is 2.33 bits per heavy atom. The maximum Gasteiger partial charge on any atom is 0.123 e. The minimum Gasteiger partial charge on any atom is -0.496 e. The number of nitrogens with zero attached hydrogens (tertiary/aromatic N) is 1. The van der Waals surface area contributed by atoms with Crippen molar-refractivity contribution in [1.29, 1.82) is 5.26 Å². The number of ether oxygens (including phenoxy) is 1. The van der Waals surface area contributed by atoms with Crippen molar-refractivity contribution in [2.45, 2.75) is 17.9 Å². The van der Waals surface area contributed by atoms with Crippen LogP contribution in [0.5, 0.6) is 5.75 Å². The molecule has 0 radical (unpaired) electrons. The zero-order chi connectivity index (χ0) is 11.3. The predicted molar refractivity (Wildman–Crippen MR) is 59.3 cm³/mol. The van der Waals surface area contributed by atoms with Crippen molar-refractivity contribution in [1.82, 2.24) is 0 Å². The highest BCUT2D eigenvalue weighted by molar-refractivity contribution is 7.99. The van der Waals surface area contributed by atoms with Gasteiger partial charge in [0.05, 0.1) is 18.4 Å². The number of methoxy groups -OCH3 is 1. The zero-order valence-corrected chi connectivity index (χ0v) is 9.47. The molecule has 0 aliphatic carbocycles. The summed E-state index contributed by atoms with van der Waals surface area (Å²) in [6, 6.07) is 6.52. The summed E-state index contributed by atoms with van der Waals surface area (Å²) in [5, 5.41) is 8.52. The third-order valence-corrected chi connectivity index (χ3v) is 3.00. The van der Waals surface area contributed by atoms with E-state index in [2.05, 4.69) is 6.07 Å². The largest absolute Gasteiger partial charge is 0.496 e. The highest BCUT2D eigenvalue weighted by atomic mass is 32.2. The second-order valence-corrected chi connectivity index (χ2v) is 4.37. The second kappa shape index (κ2) is 5.62. The summed E-state index contributed by atoms with van der Waals surface area (Å²) in [6.07, 6.45) is 0. The number of nitriles is 1. The van der Waals surface area contributed by atoms with Gasteiger partial charge in [-0.05, 0) is 25.1 Å². The maximum absolute atomic E-state index is 13.0. The number of rotatable bonds is 4. The van der Waals surface area contributed by atoms with Crippen LogP contribution in [0.25, 0.3) is 0 Å². The Hall–Kier alpha value is -1.21. The molecule has 0 fully saturated rings. The van der Waals surface area contributed by atoms with E-state index in [1.165, 1.54) is 23.9 Å². The molecular weight excluding hydrogens is 213 g/mol. The van der Waals surface area contributed by atoms with E-state index in [-0.39, 0.29) is 11.1 Å². The summed E-state index contributed by atoms with van der Waals surface area (Å²) < 4.78 is 18.1. The van der Waals surface area contributed by atoms with Gasteiger partial charge >= 0.3 is 0 Å². The normalized spacial score (nSPS) is 11.9. The molecule has 80 valence electrons. The van der Waals surface area contributed by atoms with Crippen LogP contribution in [0.15, 0.2) is 18.2 Å². The second-order valence-electron chi connectivity index (χ2n) is 3.04. The van der Waals surface area contributed by atoms with Crippen LogP contribution in [0.2, 0.25) is 0 Å². The lowest BCUT2D eigenvalue weighted by molar-refractivity contribution is 0.410. The first-order valence-corrected chi connectivity index (χ1v) is 5.56. The molecular formula is C11H12FNOS. The van der Waals surface area contributed by atoms with Crippen LogP contribution in [0, 0.1) is 17.1 Å². The third-order valence-electron chi connectivity index (χ3n) is 1.91. The van der Waals surface area contributed by atoms with E-state index >= 15 is 0 Å². The Kier molecular flexibility index (Phi) is 4.44. The van der Waals surface area contributed by atoms with Crippen molar-refractivity contribution in [2.24, 2.45) is 0 Å². The fourth-order valence-corrected chi connectivity index (χ4v) is 1.84. The van der Waals surface area contributed by atoms with Crippen LogP contribution < -0.4 is 4.74 Å². The monoisotopic (exact) mass is 225 g/mol. The Morgan fingerprint density at radius 3 is 2.93 bits per heavy atom. The number of halogens is 1. The van der Waals surface area contributed by atoms with Crippen molar-refractivity contribution < 1.29 is 9.13 Å². The lowest BCUT2D eigenvalue weighted by atomic mass is 10.2. The topological polar surface area (TPSA) is 33.0 Å². The summed E-state index contributed by atoms with van der Waals surface area (Å²) in [6.45, 7) is 1.82. The Bertz CT molecular complexity index is 375. The maximum atomic E-state index is 13.0. The number of benzene rings is 1. The quantitative estimate of drug-likeness (QED) is 0.789. The highest BCUT2D eigenvalue weighted by Gasteiger charge is 2.07. The SMILES string of the molecule is COc1ccc(F)cc1CSC(C)C#N. The molecule has 0 aromatic heterocycles. The number of thioether (sulfide) groups is 1. The zero-order valence-electron chi connectivity index (χ0n) is 8.66. The van der Waals surface area contributed by atoms with E-state index in [0.717, 1.165) is 5.56 Å². The summed E-state index contributed by atoms with van der Waals surface area (Å²) >= 11 is 1.46. The van der Waals surface area contributed by atoms with Gasteiger partial charge in [-0.25, -0.2) is 4.39 Å². The Labute approximate surface area is 93.1 Å². The van der Waals surface area contributed by atoms with E-state index < -0.39 is 0 Å². The first kappa shape index (κ1) is 11.9. The Balaban J connectivity index is 2.75. The van der Waals surface area contributed by atoms with Crippen LogP contribution in [0.1, 0.15) is 12.5 Å². The van der Waals surface area contributed by atoms with E-state index in [0.29, 0.717) is 11.5 Å². The summed E-state index contributed by atoms with van der Waals surface area (Å²) in [4.78, 5) is 0. The molecule has 0 heterocycles. The molecule has 1 atom stereocenters. The van der Waals surface area contributed by atoms with Gasteiger partial charge in [-0.1, -0.05) is 0 Å². The molecule has 1 rings (SSSR count). The smallest absolute Gasteiger partial charge is 0.123 e. The van der Waals surface area contributed by atoms with Gasteiger partial charge in [-0.3, -0.25) is 0 Å². The van der Waals surface area contributed by atoms with Crippen molar-refractivity contribution in [3.05, 3.63) is 29.6 Å². The minimum atomic E-state index is -0.281. The van der Waals surface area contributed by atoms with Gasteiger partial charge in [-0.15, -0.1) is 11.8 Å². The lowest BCUT2D eigenvalue weighted by Gasteiger charge is -2.08. The fraction of sp³-hybridized carbons (Fsp3) is 0.364. The minimum absolute atomic E-state index is 0.0991. The third kappa shape index (κ3) is 3.45. The van der Waals surface area contributed by atoms with Crippen LogP contribution in [-0.2, 0) is 5.75 Å². The average molecular weight is 225 g/mol. The van der Waals surface area contributed by atoms with Crippen LogP contribution in [0.3, 0.4) is 0 Å². The summed E-state index contributed by atoms with van der Waals surface area (Å²) in [5.41, 5.74) is 0.782.